The second kappa shape index (κ2) is 10.3. The monoisotopic (exact) mass is 411 g/mol. The van der Waals surface area contributed by atoms with Crippen LogP contribution >= 0.6 is 0 Å². The molecule has 1 heterocycles. The fourth-order valence-electron chi connectivity index (χ4n) is 3.66. The lowest BCUT2D eigenvalue weighted by Crippen LogP contribution is -2.56. The van der Waals surface area contributed by atoms with Crippen molar-refractivity contribution in [2.24, 2.45) is 5.92 Å². The highest BCUT2D eigenvalue weighted by molar-refractivity contribution is 5.97. The molecule has 1 N–H and O–H groups in total. The highest BCUT2D eigenvalue weighted by atomic mass is 19.1. The fourth-order valence-corrected chi connectivity index (χ4v) is 3.66. The van der Waals surface area contributed by atoms with Crippen molar-refractivity contribution in [3.8, 4) is 0 Å². The van der Waals surface area contributed by atoms with Crippen LogP contribution in [-0.2, 0) is 11.2 Å². The predicted molar refractivity (Wildman–Crippen MR) is 116 cm³/mol. The van der Waals surface area contributed by atoms with Crippen LogP contribution in [0, 0.1) is 11.7 Å². The lowest BCUT2D eigenvalue weighted by molar-refractivity contribution is -0.136. The maximum Gasteiger partial charge on any atom is 0.251 e. The second-order valence-corrected chi connectivity index (χ2v) is 8.10. The van der Waals surface area contributed by atoms with Crippen molar-refractivity contribution < 1.29 is 14.0 Å². The van der Waals surface area contributed by atoms with Gasteiger partial charge in [0.1, 0.15) is 11.9 Å². The number of carbonyl (C=O) groups is 2. The van der Waals surface area contributed by atoms with Crippen LogP contribution in [0.3, 0.4) is 0 Å². The summed E-state index contributed by atoms with van der Waals surface area (Å²) < 4.78 is 13.1. The van der Waals surface area contributed by atoms with Gasteiger partial charge in [0, 0.05) is 38.3 Å². The first kappa shape index (κ1) is 22.0. The minimum Gasteiger partial charge on any atom is -0.340 e. The van der Waals surface area contributed by atoms with E-state index < -0.39 is 11.9 Å². The largest absolute Gasteiger partial charge is 0.340 e. The molecule has 0 aliphatic carbocycles. The Hall–Kier alpha value is -2.73. The normalized spacial score (nSPS) is 15.8. The van der Waals surface area contributed by atoms with Crippen molar-refractivity contribution in [2.75, 3.05) is 32.7 Å². The molecule has 1 aliphatic heterocycles. The van der Waals surface area contributed by atoms with Crippen LogP contribution in [0.15, 0.2) is 54.6 Å². The van der Waals surface area contributed by atoms with E-state index in [2.05, 4.69) is 34.5 Å². The third-order valence-corrected chi connectivity index (χ3v) is 5.57. The Morgan fingerprint density at radius 2 is 1.60 bits per heavy atom. The zero-order valence-electron chi connectivity index (χ0n) is 17.7. The number of halogens is 1. The van der Waals surface area contributed by atoms with E-state index in [9.17, 15) is 14.0 Å². The molecule has 1 aliphatic rings. The molecule has 2 aromatic carbocycles. The van der Waals surface area contributed by atoms with E-state index in [-0.39, 0.29) is 17.7 Å². The van der Waals surface area contributed by atoms with Gasteiger partial charge in [0.15, 0.2) is 0 Å². The molecule has 2 amide bonds. The Labute approximate surface area is 177 Å². The molecule has 0 unspecified atom stereocenters. The van der Waals surface area contributed by atoms with E-state index >= 15 is 0 Å². The summed E-state index contributed by atoms with van der Waals surface area (Å²) in [5, 5.41) is 2.84. The number of amides is 2. The molecule has 160 valence electrons. The van der Waals surface area contributed by atoms with Gasteiger partial charge in [0.2, 0.25) is 5.91 Å². The van der Waals surface area contributed by atoms with Gasteiger partial charge < -0.3 is 10.2 Å². The van der Waals surface area contributed by atoms with Crippen LogP contribution in [-0.4, -0.2) is 60.4 Å². The van der Waals surface area contributed by atoms with Gasteiger partial charge >= 0.3 is 0 Å². The zero-order valence-corrected chi connectivity index (χ0v) is 17.7. The number of hydrogen-bond acceptors (Lipinski definition) is 3. The van der Waals surface area contributed by atoms with Crippen LogP contribution in [0.1, 0.15) is 29.8 Å². The van der Waals surface area contributed by atoms with Crippen molar-refractivity contribution in [2.45, 2.75) is 26.3 Å². The van der Waals surface area contributed by atoms with E-state index in [0.29, 0.717) is 18.7 Å². The van der Waals surface area contributed by atoms with Crippen LogP contribution in [0.4, 0.5) is 4.39 Å². The van der Waals surface area contributed by atoms with Gasteiger partial charge in [-0.3, -0.25) is 14.5 Å². The molecule has 6 heteroatoms. The molecule has 1 saturated heterocycles. The van der Waals surface area contributed by atoms with Gasteiger partial charge in [-0.15, -0.1) is 0 Å². The molecule has 0 bridgehead atoms. The Morgan fingerprint density at radius 1 is 0.967 bits per heavy atom. The van der Waals surface area contributed by atoms with E-state index in [1.54, 1.807) is 0 Å². The second-order valence-electron chi connectivity index (χ2n) is 8.10. The average Bonchev–Trinajstić information content (AvgIpc) is 2.77. The smallest absolute Gasteiger partial charge is 0.251 e. The van der Waals surface area contributed by atoms with Gasteiger partial charge in [-0.2, -0.15) is 0 Å². The molecule has 1 atom stereocenters. The highest BCUT2D eigenvalue weighted by Crippen LogP contribution is 2.12. The van der Waals surface area contributed by atoms with Crippen molar-refractivity contribution in [3.63, 3.8) is 0 Å². The van der Waals surface area contributed by atoms with E-state index in [4.69, 9.17) is 0 Å². The summed E-state index contributed by atoms with van der Waals surface area (Å²) in [6, 6.07) is 15.2. The summed E-state index contributed by atoms with van der Waals surface area (Å²) in [7, 11) is 0. The van der Waals surface area contributed by atoms with Crippen LogP contribution < -0.4 is 5.32 Å². The predicted octanol–water partition coefficient (Wildman–Crippen LogP) is 2.97. The van der Waals surface area contributed by atoms with Crippen molar-refractivity contribution >= 4 is 11.8 Å². The Morgan fingerprint density at radius 3 is 2.20 bits per heavy atom. The summed E-state index contributed by atoms with van der Waals surface area (Å²) in [4.78, 5) is 29.8. The lowest BCUT2D eigenvalue weighted by atomic mass is 10.0. The summed E-state index contributed by atoms with van der Waals surface area (Å²) in [5.41, 5.74) is 1.67. The number of carbonyl (C=O) groups excluding carboxylic acids is 2. The summed E-state index contributed by atoms with van der Waals surface area (Å²) >= 11 is 0. The molecule has 0 saturated carbocycles. The van der Waals surface area contributed by atoms with E-state index in [1.165, 1.54) is 29.8 Å². The summed E-state index contributed by atoms with van der Waals surface area (Å²) in [6.07, 6.45) is 0.997. The molecule has 30 heavy (non-hydrogen) atoms. The third-order valence-electron chi connectivity index (χ3n) is 5.57. The first-order valence-electron chi connectivity index (χ1n) is 10.6. The lowest BCUT2D eigenvalue weighted by Gasteiger charge is -2.37. The van der Waals surface area contributed by atoms with Crippen LogP contribution in [0.2, 0.25) is 0 Å². The molecular formula is C24H30FN3O2. The minimum absolute atomic E-state index is 0.0435. The minimum atomic E-state index is -0.599. The number of nitrogens with zero attached hydrogens (tertiary/aromatic N) is 2. The number of benzene rings is 2. The third kappa shape index (κ3) is 5.89. The van der Waals surface area contributed by atoms with Gasteiger partial charge in [0.25, 0.3) is 5.91 Å². The fraction of sp³-hybridized carbons (Fsp3) is 0.417. The number of nitrogens with one attached hydrogen (secondary N) is 1. The number of hydrogen-bond donors (Lipinski definition) is 1. The SMILES string of the molecule is CC(C)[C@H](NC(=O)c1ccc(F)cc1)C(=O)N1CCN(CCc2ccccc2)CC1. The summed E-state index contributed by atoms with van der Waals surface area (Å²) in [5.74, 6) is -0.849. The Bertz CT molecular complexity index is 831. The van der Waals surface area contributed by atoms with Gasteiger partial charge in [-0.25, -0.2) is 4.39 Å². The molecule has 1 fully saturated rings. The van der Waals surface area contributed by atoms with Crippen molar-refractivity contribution in [1.82, 2.24) is 15.1 Å². The molecule has 0 spiro atoms. The quantitative estimate of drug-likeness (QED) is 0.762. The van der Waals surface area contributed by atoms with Crippen LogP contribution in [0.5, 0.6) is 0 Å². The van der Waals surface area contributed by atoms with Crippen molar-refractivity contribution in [3.05, 3.63) is 71.5 Å². The van der Waals surface area contributed by atoms with E-state index in [1.807, 2.05) is 24.8 Å². The van der Waals surface area contributed by atoms with Gasteiger partial charge in [-0.05, 0) is 42.2 Å². The molecule has 0 aromatic heterocycles. The van der Waals surface area contributed by atoms with E-state index in [0.717, 1.165) is 26.1 Å². The molecular weight excluding hydrogens is 381 g/mol. The molecule has 2 aromatic rings. The first-order chi connectivity index (χ1) is 14.4. The van der Waals surface area contributed by atoms with Gasteiger partial charge in [0.05, 0.1) is 0 Å². The van der Waals surface area contributed by atoms with Gasteiger partial charge in [-0.1, -0.05) is 44.2 Å². The topological polar surface area (TPSA) is 52.7 Å². The molecule has 5 nitrogen and oxygen atoms in total. The summed E-state index contributed by atoms with van der Waals surface area (Å²) in [6.45, 7) is 7.78. The highest BCUT2D eigenvalue weighted by Gasteiger charge is 2.30. The molecule has 0 radical (unpaired) electrons. The van der Waals surface area contributed by atoms with Crippen LogP contribution in [0.25, 0.3) is 0 Å². The standard InChI is InChI=1S/C24H30FN3O2/c1-18(2)22(26-23(29)20-8-10-21(25)11-9-20)24(30)28-16-14-27(15-17-28)13-12-19-6-4-3-5-7-19/h3-11,18,22H,12-17H2,1-2H3,(H,26,29)/t22-/m0/s1. The maximum absolute atomic E-state index is 13.1. The van der Waals surface area contributed by atoms with Crippen molar-refractivity contribution in [1.29, 1.82) is 0 Å². The first-order valence-corrected chi connectivity index (χ1v) is 10.6. The number of rotatable bonds is 7. The average molecular weight is 412 g/mol. The Balaban J connectivity index is 1.52. The zero-order chi connectivity index (χ0) is 21.5. The Kier molecular flexibility index (Phi) is 7.57. The maximum atomic E-state index is 13.1. The number of piperazine rings is 1. The molecule has 3 rings (SSSR count).